The first-order valence-electron chi connectivity index (χ1n) is 9.59. The van der Waals surface area contributed by atoms with Crippen molar-refractivity contribution in [2.24, 2.45) is 0 Å². The van der Waals surface area contributed by atoms with E-state index in [1.807, 2.05) is 30.3 Å². The van der Waals surface area contributed by atoms with Crippen LogP contribution in [0.25, 0.3) is 11.1 Å². The molecule has 3 aromatic carbocycles. The van der Waals surface area contributed by atoms with E-state index in [1.165, 1.54) is 16.8 Å². The SMILES string of the molecule is O[C@@H](COc1ccc(-c2ccccc2)cc1)CN1CCCc2ccccc21. The lowest BCUT2D eigenvalue weighted by atomic mass is 10.0. The van der Waals surface area contributed by atoms with Crippen LogP contribution in [0.4, 0.5) is 5.69 Å². The van der Waals surface area contributed by atoms with Crippen LogP contribution in [0, 0.1) is 0 Å². The summed E-state index contributed by atoms with van der Waals surface area (Å²) in [6.45, 7) is 1.88. The Hall–Kier alpha value is -2.78. The number of fused-ring (bicyclic) bond motifs is 1. The molecule has 0 saturated carbocycles. The molecule has 1 aliphatic rings. The van der Waals surface area contributed by atoms with Gasteiger partial charge in [-0.1, -0.05) is 60.7 Å². The summed E-state index contributed by atoms with van der Waals surface area (Å²) in [7, 11) is 0. The molecule has 0 amide bonds. The molecule has 4 rings (SSSR count). The number of aliphatic hydroxyl groups excluding tert-OH is 1. The molecule has 0 aromatic heterocycles. The molecule has 3 nitrogen and oxygen atoms in total. The number of para-hydroxylation sites is 1. The highest BCUT2D eigenvalue weighted by Gasteiger charge is 2.19. The van der Waals surface area contributed by atoms with Crippen LogP contribution in [0.3, 0.4) is 0 Å². The Morgan fingerprint density at radius 1 is 0.852 bits per heavy atom. The molecule has 1 atom stereocenters. The van der Waals surface area contributed by atoms with Gasteiger partial charge in [0.1, 0.15) is 18.5 Å². The highest BCUT2D eigenvalue weighted by Crippen LogP contribution is 2.27. The lowest BCUT2D eigenvalue weighted by Crippen LogP contribution is -2.38. The van der Waals surface area contributed by atoms with E-state index in [-0.39, 0.29) is 0 Å². The number of anilines is 1. The molecule has 1 N–H and O–H groups in total. The lowest BCUT2D eigenvalue weighted by molar-refractivity contribution is 0.112. The fraction of sp³-hybridized carbons (Fsp3) is 0.250. The highest BCUT2D eigenvalue weighted by atomic mass is 16.5. The highest BCUT2D eigenvalue weighted by molar-refractivity contribution is 5.63. The average Bonchev–Trinajstić information content (AvgIpc) is 2.74. The Morgan fingerprint density at radius 3 is 2.37 bits per heavy atom. The van der Waals surface area contributed by atoms with Gasteiger partial charge >= 0.3 is 0 Å². The molecular weight excluding hydrogens is 334 g/mol. The van der Waals surface area contributed by atoms with Crippen molar-refractivity contribution in [3.63, 3.8) is 0 Å². The van der Waals surface area contributed by atoms with Crippen LogP contribution >= 0.6 is 0 Å². The molecule has 3 aromatic rings. The van der Waals surface area contributed by atoms with Gasteiger partial charge in [0.25, 0.3) is 0 Å². The molecule has 0 unspecified atom stereocenters. The van der Waals surface area contributed by atoms with E-state index in [9.17, 15) is 5.11 Å². The standard InChI is InChI=1S/C24H25NO2/c26-22(17-25-16-6-10-21-9-4-5-11-24(21)25)18-27-23-14-12-20(13-15-23)19-7-2-1-3-8-19/h1-5,7-9,11-15,22,26H,6,10,16-18H2/t22-/m1/s1. The topological polar surface area (TPSA) is 32.7 Å². The van der Waals surface area contributed by atoms with Gasteiger partial charge in [-0.15, -0.1) is 0 Å². The number of β-amino-alcohol motifs (C(OH)–C–C–N with tert-alkyl or cyclic N) is 1. The van der Waals surface area contributed by atoms with Crippen molar-refractivity contribution < 1.29 is 9.84 Å². The molecule has 0 fully saturated rings. The number of hydrogen-bond acceptors (Lipinski definition) is 3. The number of ether oxygens (including phenoxy) is 1. The van der Waals surface area contributed by atoms with Gasteiger partial charge in [-0.2, -0.15) is 0 Å². The number of benzene rings is 3. The van der Waals surface area contributed by atoms with Crippen LogP contribution in [0.15, 0.2) is 78.9 Å². The average molecular weight is 359 g/mol. The van der Waals surface area contributed by atoms with Crippen molar-refractivity contribution in [2.45, 2.75) is 18.9 Å². The maximum Gasteiger partial charge on any atom is 0.119 e. The monoisotopic (exact) mass is 359 g/mol. The first-order valence-corrected chi connectivity index (χ1v) is 9.59. The fourth-order valence-electron chi connectivity index (χ4n) is 3.67. The molecule has 3 heteroatoms. The Balaban J connectivity index is 1.33. The molecular formula is C24H25NO2. The maximum atomic E-state index is 10.5. The molecule has 0 aliphatic carbocycles. The lowest BCUT2D eigenvalue weighted by Gasteiger charge is -2.32. The van der Waals surface area contributed by atoms with Gasteiger partial charge in [0.05, 0.1) is 0 Å². The zero-order chi connectivity index (χ0) is 18.5. The van der Waals surface area contributed by atoms with Crippen LogP contribution in [-0.2, 0) is 6.42 Å². The molecule has 0 bridgehead atoms. The van der Waals surface area contributed by atoms with E-state index in [0.717, 1.165) is 30.7 Å². The second-order valence-electron chi connectivity index (χ2n) is 7.03. The molecule has 0 spiro atoms. The predicted octanol–water partition coefficient (Wildman–Crippen LogP) is 4.55. The summed E-state index contributed by atoms with van der Waals surface area (Å²) in [5.41, 5.74) is 4.96. The molecule has 1 aliphatic heterocycles. The van der Waals surface area contributed by atoms with E-state index >= 15 is 0 Å². The van der Waals surface area contributed by atoms with Gasteiger partial charge in [-0.3, -0.25) is 0 Å². The van der Waals surface area contributed by atoms with Gasteiger partial charge in [-0.05, 0) is 47.7 Å². The van der Waals surface area contributed by atoms with E-state index in [2.05, 4.69) is 53.4 Å². The molecule has 138 valence electrons. The largest absolute Gasteiger partial charge is 0.491 e. The Morgan fingerprint density at radius 2 is 1.56 bits per heavy atom. The second kappa shape index (κ2) is 8.28. The van der Waals surface area contributed by atoms with Crippen LogP contribution in [-0.4, -0.2) is 30.9 Å². The Bertz CT molecular complexity index is 861. The number of aryl methyl sites for hydroxylation is 1. The van der Waals surface area contributed by atoms with E-state index in [4.69, 9.17) is 4.74 Å². The Kier molecular flexibility index (Phi) is 5.40. The fourth-order valence-corrected chi connectivity index (χ4v) is 3.67. The third kappa shape index (κ3) is 4.32. The summed E-state index contributed by atoms with van der Waals surface area (Å²) in [6.07, 6.45) is 1.73. The van der Waals surface area contributed by atoms with Crippen molar-refractivity contribution in [2.75, 3.05) is 24.6 Å². The normalized spacial score (nSPS) is 14.5. The van der Waals surface area contributed by atoms with E-state index in [1.54, 1.807) is 0 Å². The van der Waals surface area contributed by atoms with Gasteiger partial charge in [0.2, 0.25) is 0 Å². The summed E-state index contributed by atoms with van der Waals surface area (Å²) >= 11 is 0. The van der Waals surface area contributed by atoms with Crippen molar-refractivity contribution >= 4 is 5.69 Å². The molecule has 1 heterocycles. The predicted molar refractivity (Wildman–Crippen MR) is 110 cm³/mol. The van der Waals surface area contributed by atoms with Gasteiger partial charge < -0.3 is 14.7 Å². The zero-order valence-electron chi connectivity index (χ0n) is 15.4. The number of aliphatic hydroxyl groups is 1. The molecule has 0 radical (unpaired) electrons. The number of nitrogens with zero attached hydrogens (tertiary/aromatic N) is 1. The quantitative estimate of drug-likeness (QED) is 0.701. The summed E-state index contributed by atoms with van der Waals surface area (Å²) in [5, 5.41) is 10.5. The minimum Gasteiger partial charge on any atom is -0.491 e. The summed E-state index contributed by atoms with van der Waals surface area (Å²) < 4.78 is 5.81. The number of rotatable bonds is 6. The summed E-state index contributed by atoms with van der Waals surface area (Å²) in [6, 6.07) is 26.8. The van der Waals surface area contributed by atoms with Crippen LogP contribution in [0.5, 0.6) is 5.75 Å². The van der Waals surface area contributed by atoms with Crippen molar-refractivity contribution in [1.82, 2.24) is 0 Å². The van der Waals surface area contributed by atoms with Crippen molar-refractivity contribution in [1.29, 1.82) is 0 Å². The minimum atomic E-state index is -0.523. The van der Waals surface area contributed by atoms with Gasteiger partial charge in [0.15, 0.2) is 0 Å². The van der Waals surface area contributed by atoms with Crippen molar-refractivity contribution in [3.8, 4) is 16.9 Å². The third-order valence-electron chi connectivity index (χ3n) is 5.04. The van der Waals surface area contributed by atoms with Crippen molar-refractivity contribution in [3.05, 3.63) is 84.4 Å². The van der Waals surface area contributed by atoms with E-state index < -0.39 is 6.10 Å². The van der Waals surface area contributed by atoms with E-state index in [0.29, 0.717) is 13.2 Å². The van der Waals surface area contributed by atoms with Gasteiger partial charge in [-0.25, -0.2) is 0 Å². The number of hydrogen-bond donors (Lipinski definition) is 1. The molecule has 0 saturated heterocycles. The van der Waals surface area contributed by atoms with Crippen LogP contribution in [0.1, 0.15) is 12.0 Å². The minimum absolute atomic E-state index is 0.295. The smallest absolute Gasteiger partial charge is 0.119 e. The summed E-state index contributed by atoms with van der Waals surface area (Å²) in [5.74, 6) is 0.785. The van der Waals surface area contributed by atoms with Crippen LogP contribution in [0.2, 0.25) is 0 Å². The Labute approximate surface area is 160 Å². The first kappa shape index (κ1) is 17.6. The first-order chi connectivity index (χ1) is 13.3. The molecule has 27 heavy (non-hydrogen) atoms. The van der Waals surface area contributed by atoms with Crippen LogP contribution < -0.4 is 9.64 Å². The maximum absolute atomic E-state index is 10.5. The third-order valence-corrected chi connectivity index (χ3v) is 5.04. The zero-order valence-corrected chi connectivity index (χ0v) is 15.4. The van der Waals surface area contributed by atoms with Gasteiger partial charge in [0, 0.05) is 18.8 Å². The summed E-state index contributed by atoms with van der Waals surface area (Å²) in [4.78, 5) is 2.27. The second-order valence-corrected chi connectivity index (χ2v) is 7.03.